The van der Waals surface area contributed by atoms with Gasteiger partial charge in [0.05, 0.1) is 24.0 Å². The van der Waals surface area contributed by atoms with Crippen LogP contribution in [-0.4, -0.2) is 19.7 Å². The Morgan fingerprint density at radius 2 is 1.95 bits per heavy atom. The molecule has 1 aliphatic heterocycles. The van der Waals surface area contributed by atoms with E-state index in [1.54, 1.807) is 0 Å². The van der Waals surface area contributed by atoms with Crippen LogP contribution in [0.25, 0.3) is 10.9 Å². The molecule has 0 unspecified atom stereocenters. The van der Waals surface area contributed by atoms with Crippen LogP contribution in [0.2, 0.25) is 0 Å². The minimum absolute atomic E-state index is 0.565. The summed E-state index contributed by atoms with van der Waals surface area (Å²) < 4.78 is 1.97. The fraction of sp³-hybridized carbons (Fsp3) is 0.353. The number of aryl methyl sites for hydroxylation is 1. The van der Waals surface area contributed by atoms with Gasteiger partial charge in [0.15, 0.2) is 0 Å². The number of anilines is 1. The minimum atomic E-state index is 0.565. The molecule has 110 valence electrons. The predicted octanol–water partition coefficient (Wildman–Crippen LogP) is 2.76. The Balaban J connectivity index is 1.64. The maximum absolute atomic E-state index is 4.92. The van der Waals surface area contributed by atoms with Crippen molar-refractivity contribution in [1.82, 2.24) is 19.7 Å². The summed E-state index contributed by atoms with van der Waals surface area (Å²) in [5.74, 6) is 2.65. The average Bonchev–Trinajstić information content (AvgIpc) is 3.22. The van der Waals surface area contributed by atoms with E-state index < -0.39 is 0 Å². The maximum Gasteiger partial charge on any atom is 0.140 e. The smallest absolute Gasteiger partial charge is 0.140 e. The Labute approximate surface area is 128 Å². The highest BCUT2D eigenvalue weighted by Gasteiger charge is 2.30. The van der Waals surface area contributed by atoms with E-state index in [9.17, 15) is 0 Å². The van der Waals surface area contributed by atoms with Gasteiger partial charge in [-0.2, -0.15) is 5.10 Å². The molecule has 1 saturated carbocycles. The molecule has 5 rings (SSSR count). The number of hydrogen-bond donors (Lipinski definition) is 0. The van der Waals surface area contributed by atoms with Gasteiger partial charge in [-0.05, 0) is 25.0 Å². The van der Waals surface area contributed by atoms with Gasteiger partial charge in [0.1, 0.15) is 11.6 Å². The minimum Gasteiger partial charge on any atom is -0.346 e. The molecule has 2 aromatic heterocycles. The molecule has 0 saturated heterocycles. The first-order valence-corrected chi connectivity index (χ1v) is 7.81. The van der Waals surface area contributed by atoms with Crippen molar-refractivity contribution in [3.63, 3.8) is 0 Å². The van der Waals surface area contributed by atoms with E-state index in [4.69, 9.17) is 9.97 Å². The van der Waals surface area contributed by atoms with Crippen molar-refractivity contribution in [1.29, 1.82) is 0 Å². The van der Waals surface area contributed by atoms with Crippen LogP contribution in [0.15, 0.2) is 30.5 Å². The summed E-state index contributed by atoms with van der Waals surface area (Å²) >= 11 is 0. The largest absolute Gasteiger partial charge is 0.346 e. The molecule has 22 heavy (non-hydrogen) atoms. The lowest BCUT2D eigenvalue weighted by Crippen LogP contribution is -2.19. The van der Waals surface area contributed by atoms with Crippen LogP contribution in [0.4, 0.5) is 5.82 Å². The molecule has 3 aromatic rings. The van der Waals surface area contributed by atoms with Crippen LogP contribution in [0.3, 0.4) is 0 Å². The standard InChI is InChI=1S/C17H17N5/c1-21-15-10-22(9-12(15)8-18-21)17-13-4-2-3-5-14(13)19-16(20-17)11-6-7-11/h2-5,8,11H,6-7,9-10H2,1H3. The Bertz CT molecular complexity index is 878. The van der Waals surface area contributed by atoms with E-state index in [-0.39, 0.29) is 0 Å². The van der Waals surface area contributed by atoms with E-state index in [1.807, 2.05) is 17.9 Å². The molecule has 0 radical (unpaired) electrons. The predicted molar refractivity (Wildman–Crippen MR) is 84.6 cm³/mol. The van der Waals surface area contributed by atoms with E-state index in [2.05, 4.69) is 34.3 Å². The first kappa shape index (κ1) is 12.1. The number of rotatable bonds is 2. The molecule has 3 heterocycles. The molecule has 5 heteroatoms. The number of benzene rings is 1. The second-order valence-electron chi connectivity index (χ2n) is 6.29. The van der Waals surface area contributed by atoms with Crippen LogP contribution in [-0.2, 0) is 20.1 Å². The first-order chi connectivity index (χ1) is 10.8. The number of hydrogen-bond acceptors (Lipinski definition) is 4. The quantitative estimate of drug-likeness (QED) is 0.728. The third-order valence-electron chi connectivity index (χ3n) is 4.69. The first-order valence-electron chi connectivity index (χ1n) is 7.81. The highest BCUT2D eigenvalue weighted by Crippen LogP contribution is 2.40. The number of para-hydroxylation sites is 1. The Morgan fingerprint density at radius 3 is 2.77 bits per heavy atom. The van der Waals surface area contributed by atoms with Crippen LogP contribution in [0.1, 0.15) is 35.8 Å². The normalized spacial score (nSPS) is 17.2. The van der Waals surface area contributed by atoms with Crippen molar-refractivity contribution in [2.75, 3.05) is 4.90 Å². The molecule has 0 N–H and O–H groups in total. The van der Waals surface area contributed by atoms with Gasteiger partial charge in [-0.25, -0.2) is 9.97 Å². The van der Waals surface area contributed by atoms with Gasteiger partial charge in [0.25, 0.3) is 0 Å². The van der Waals surface area contributed by atoms with Gasteiger partial charge in [0, 0.05) is 30.5 Å². The van der Waals surface area contributed by atoms with Gasteiger partial charge in [-0.3, -0.25) is 4.68 Å². The summed E-state index contributed by atoms with van der Waals surface area (Å²) in [4.78, 5) is 12.0. The number of nitrogens with zero attached hydrogens (tertiary/aromatic N) is 5. The SMILES string of the molecule is Cn1ncc2c1CN(c1nc(C3CC3)nc3ccccc13)C2. The molecule has 2 aliphatic rings. The molecule has 0 bridgehead atoms. The van der Waals surface area contributed by atoms with E-state index in [0.29, 0.717) is 5.92 Å². The van der Waals surface area contributed by atoms with E-state index in [0.717, 1.165) is 35.6 Å². The zero-order chi connectivity index (χ0) is 14.7. The van der Waals surface area contributed by atoms with Crippen LogP contribution >= 0.6 is 0 Å². The Morgan fingerprint density at radius 1 is 1.09 bits per heavy atom. The van der Waals surface area contributed by atoms with Crippen molar-refractivity contribution in [3.8, 4) is 0 Å². The fourth-order valence-corrected chi connectivity index (χ4v) is 3.28. The molecule has 0 spiro atoms. The monoisotopic (exact) mass is 291 g/mol. The van der Waals surface area contributed by atoms with Crippen LogP contribution in [0.5, 0.6) is 0 Å². The zero-order valence-corrected chi connectivity index (χ0v) is 12.5. The topological polar surface area (TPSA) is 46.8 Å². The molecule has 0 atom stereocenters. The van der Waals surface area contributed by atoms with Gasteiger partial charge < -0.3 is 4.90 Å². The van der Waals surface area contributed by atoms with E-state index >= 15 is 0 Å². The Hall–Kier alpha value is -2.43. The molecule has 0 amide bonds. The van der Waals surface area contributed by atoms with Crippen LogP contribution in [0, 0.1) is 0 Å². The lowest BCUT2D eigenvalue weighted by atomic mass is 10.2. The summed E-state index contributed by atoms with van der Waals surface area (Å²) in [6.45, 7) is 1.76. The molecule has 5 nitrogen and oxygen atoms in total. The van der Waals surface area contributed by atoms with Crippen molar-refractivity contribution in [2.24, 2.45) is 7.05 Å². The van der Waals surface area contributed by atoms with Crippen LogP contribution < -0.4 is 4.90 Å². The highest BCUT2D eigenvalue weighted by molar-refractivity contribution is 5.89. The number of aromatic nitrogens is 4. The second kappa shape index (κ2) is 4.29. The summed E-state index contributed by atoms with van der Waals surface area (Å²) in [5.41, 5.74) is 3.65. The molecular formula is C17H17N5. The third-order valence-corrected chi connectivity index (χ3v) is 4.69. The fourth-order valence-electron chi connectivity index (χ4n) is 3.28. The van der Waals surface area contributed by atoms with Gasteiger partial charge in [-0.15, -0.1) is 0 Å². The molecular weight excluding hydrogens is 274 g/mol. The third kappa shape index (κ3) is 1.75. The summed E-state index contributed by atoms with van der Waals surface area (Å²) in [6, 6.07) is 8.34. The summed E-state index contributed by atoms with van der Waals surface area (Å²) in [7, 11) is 2.01. The highest BCUT2D eigenvalue weighted by atomic mass is 15.3. The van der Waals surface area contributed by atoms with E-state index in [1.165, 1.54) is 24.1 Å². The summed E-state index contributed by atoms with van der Waals surface area (Å²) in [5, 5.41) is 5.49. The number of fused-ring (bicyclic) bond motifs is 2. The summed E-state index contributed by atoms with van der Waals surface area (Å²) in [6.07, 6.45) is 4.42. The lowest BCUT2D eigenvalue weighted by Gasteiger charge is -2.19. The second-order valence-corrected chi connectivity index (χ2v) is 6.29. The van der Waals surface area contributed by atoms with Crippen molar-refractivity contribution >= 4 is 16.7 Å². The maximum atomic E-state index is 4.92. The van der Waals surface area contributed by atoms with Crippen molar-refractivity contribution < 1.29 is 0 Å². The van der Waals surface area contributed by atoms with Gasteiger partial charge >= 0.3 is 0 Å². The molecule has 1 aromatic carbocycles. The Kier molecular flexibility index (Phi) is 2.37. The van der Waals surface area contributed by atoms with Gasteiger partial charge in [0.2, 0.25) is 0 Å². The van der Waals surface area contributed by atoms with Crippen molar-refractivity contribution in [3.05, 3.63) is 47.5 Å². The molecule has 1 fully saturated rings. The molecule has 1 aliphatic carbocycles. The zero-order valence-electron chi connectivity index (χ0n) is 12.5. The lowest BCUT2D eigenvalue weighted by molar-refractivity contribution is 0.700. The van der Waals surface area contributed by atoms with Crippen molar-refractivity contribution in [2.45, 2.75) is 31.8 Å². The average molecular weight is 291 g/mol. The van der Waals surface area contributed by atoms with Gasteiger partial charge in [-0.1, -0.05) is 12.1 Å².